The van der Waals surface area contributed by atoms with Gasteiger partial charge in [0.25, 0.3) is 5.69 Å². The lowest BCUT2D eigenvalue weighted by molar-refractivity contribution is -0.385. The molecule has 0 bridgehead atoms. The first-order chi connectivity index (χ1) is 13.4. The van der Waals surface area contributed by atoms with Crippen LogP contribution < -0.4 is 0 Å². The number of rotatable bonds is 6. The van der Waals surface area contributed by atoms with E-state index in [4.69, 9.17) is 9.47 Å². The van der Waals surface area contributed by atoms with Crippen LogP contribution >= 0.6 is 0 Å². The average molecular weight is 385 g/mol. The van der Waals surface area contributed by atoms with Crippen LogP contribution in [0.4, 0.5) is 5.69 Å². The third kappa shape index (κ3) is 3.91. The molecule has 0 aliphatic carbocycles. The van der Waals surface area contributed by atoms with E-state index in [-0.39, 0.29) is 41.4 Å². The summed E-state index contributed by atoms with van der Waals surface area (Å²) in [7, 11) is 0. The smallest absolute Gasteiger partial charge is 0.337 e. The fraction of sp³-hybridized carbons (Fsp3) is 0.368. The Kier molecular flexibility index (Phi) is 6.60. The van der Waals surface area contributed by atoms with E-state index in [0.717, 1.165) is 0 Å². The lowest BCUT2D eigenvalue weighted by atomic mass is 9.75. The molecule has 0 spiro atoms. The van der Waals surface area contributed by atoms with Gasteiger partial charge >= 0.3 is 11.9 Å². The van der Waals surface area contributed by atoms with E-state index in [1.54, 1.807) is 19.9 Å². The molecule has 28 heavy (non-hydrogen) atoms. The third-order valence-electron chi connectivity index (χ3n) is 4.25. The summed E-state index contributed by atoms with van der Waals surface area (Å²) in [5.41, 5.74) is -0.376. The number of benzene rings is 1. The Hall–Kier alpha value is -3.54. The summed E-state index contributed by atoms with van der Waals surface area (Å²) in [6.07, 6.45) is 0. The van der Waals surface area contributed by atoms with Crippen molar-refractivity contribution >= 4 is 23.3 Å². The van der Waals surface area contributed by atoms with Gasteiger partial charge in [0, 0.05) is 23.3 Å². The minimum Gasteiger partial charge on any atom is -0.465 e. The number of hydrogen-bond donors (Lipinski definition) is 0. The number of carbonyl (C=O) groups is 2. The van der Waals surface area contributed by atoms with Crippen LogP contribution in [0.25, 0.3) is 0 Å². The van der Waals surface area contributed by atoms with E-state index in [9.17, 15) is 25.0 Å². The number of nitro benzene ring substituents is 1. The van der Waals surface area contributed by atoms with Crippen molar-refractivity contribution in [2.24, 2.45) is 10.9 Å². The fourth-order valence-electron chi connectivity index (χ4n) is 3.17. The van der Waals surface area contributed by atoms with Crippen molar-refractivity contribution in [3.63, 3.8) is 0 Å². The van der Waals surface area contributed by atoms with E-state index >= 15 is 0 Å². The molecule has 2 unspecified atom stereocenters. The number of ether oxygens (including phenoxy) is 2. The average Bonchev–Trinajstić information content (AvgIpc) is 2.67. The molecule has 2 atom stereocenters. The van der Waals surface area contributed by atoms with Gasteiger partial charge < -0.3 is 9.47 Å². The van der Waals surface area contributed by atoms with Crippen molar-refractivity contribution in [1.29, 1.82) is 5.26 Å². The van der Waals surface area contributed by atoms with Crippen LogP contribution in [0, 0.1) is 27.4 Å². The SMILES string of the molecule is CCOC(=O)C1=C(C#N)N=C(C)C(C(=O)OCC)C1c1ccccc1[N+](=O)[O-]. The molecule has 0 N–H and O–H groups in total. The zero-order valence-electron chi connectivity index (χ0n) is 15.7. The van der Waals surface area contributed by atoms with E-state index in [2.05, 4.69) is 4.99 Å². The van der Waals surface area contributed by atoms with Gasteiger partial charge in [-0.05, 0) is 20.8 Å². The molecule has 0 saturated heterocycles. The fourth-order valence-corrected chi connectivity index (χ4v) is 3.17. The van der Waals surface area contributed by atoms with Gasteiger partial charge in [0.2, 0.25) is 0 Å². The van der Waals surface area contributed by atoms with Gasteiger partial charge in [-0.15, -0.1) is 0 Å². The molecule has 0 fully saturated rings. The molecular weight excluding hydrogens is 366 g/mol. The second-order valence-electron chi connectivity index (χ2n) is 5.87. The molecule has 9 nitrogen and oxygen atoms in total. The molecule has 0 aromatic heterocycles. The highest BCUT2D eigenvalue weighted by atomic mass is 16.6. The van der Waals surface area contributed by atoms with E-state index < -0.39 is 28.7 Å². The van der Waals surface area contributed by atoms with Gasteiger partial charge in [-0.25, -0.2) is 9.79 Å². The Morgan fingerprint density at radius 1 is 1.25 bits per heavy atom. The minimum absolute atomic E-state index is 0.0252. The lowest BCUT2D eigenvalue weighted by Crippen LogP contribution is -2.37. The van der Waals surface area contributed by atoms with Crippen LogP contribution in [0.5, 0.6) is 0 Å². The Morgan fingerprint density at radius 2 is 1.89 bits per heavy atom. The molecule has 0 saturated carbocycles. The van der Waals surface area contributed by atoms with Crippen molar-refractivity contribution < 1.29 is 24.0 Å². The number of para-hydroxylation sites is 1. The Labute approximate surface area is 161 Å². The number of nitrogens with zero attached hydrogens (tertiary/aromatic N) is 3. The second kappa shape index (κ2) is 8.90. The van der Waals surface area contributed by atoms with Crippen LogP contribution in [0.3, 0.4) is 0 Å². The summed E-state index contributed by atoms with van der Waals surface area (Å²) in [6.45, 7) is 4.83. The van der Waals surface area contributed by atoms with Crippen molar-refractivity contribution in [3.8, 4) is 6.07 Å². The topological polar surface area (TPSA) is 132 Å². The Bertz CT molecular complexity index is 912. The summed E-state index contributed by atoms with van der Waals surface area (Å²) < 4.78 is 10.2. The summed E-state index contributed by atoms with van der Waals surface area (Å²) in [4.78, 5) is 40.4. The molecule has 1 aliphatic heterocycles. The Balaban J connectivity index is 2.81. The summed E-state index contributed by atoms with van der Waals surface area (Å²) >= 11 is 0. The van der Waals surface area contributed by atoms with E-state index in [1.807, 2.05) is 6.07 Å². The van der Waals surface area contributed by atoms with E-state index in [1.165, 1.54) is 25.1 Å². The molecule has 1 heterocycles. The van der Waals surface area contributed by atoms with Crippen LogP contribution in [0.15, 0.2) is 40.5 Å². The molecule has 2 rings (SSSR count). The number of nitro groups is 1. The maximum Gasteiger partial charge on any atom is 0.337 e. The summed E-state index contributed by atoms with van der Waals surface area (Å²) in [6, 6.07) is 7.58. The molecule has 146 valence electrons. The quantitative estimate of drug-likeness (QED) is 0.418. The lowest BCUT2D eigenvalue weighted by Gasteiger charge is -2.30. The molecule has 1 aromatic rings. The number of esters is 2. The van der Waals surface area contributed by atoms with Crippen LogP contribution in [0.2, 0.25) is 0 Å². The number of allylic oxidation sites excluding steroid dienone is 1. The first-order valence-electron chi connectivity index (χ1n) is 8.63. The van der Waals surface area contributed by atoms with Gasteiger partial charge in [-0.1, -0.05) is 18.2 Å². The standard InChI is InChI=1S/C19H19N3O6/c1-4-27-18(23)15-11(3)21-13(10-20)17(19(24)28-5-2)16(15)12-8-6-7-9-14(12)22(25)26/h6-9,15-16H,4-5H2,1-3H3. The van der Waals surface area contributed by atoms with Gasteiger partial charge in [-0.2, -0.15) is 5.26 Å². The first kappa shape index (κ1) is 20.8. The monoisotopic (exact) mass is 385 g/mol. The Morgan fingerprint density at radius 3 is 2.46 bits per heavy atom. The van der Waals surface area contributed by atoms with E-state index in [0.29, 0.717) is 0 Å². The normalized spacial score (nSPS) is 18.7. The summed E-state index contributed by atoms with van der Waals surface area (Å²) in [5, 5.41) is 21.1. The highest BCUT2D eigenvalue weighted by molar-refractivity contribution is 6.07. The number of nitriles is 1. The van der Waals surface area contributed by atoms with Gasteiger partial charge in [0.1, 0.15) is 12.0 Å². The molecule has 1 aliphatic rings. The highest BCUT2D eigenvalue weighted by Gasteiger charge is 2.45. The van der Waals surface area contributed by atoms with Crippen molar-refractivity contribution in [1.82, 2.24) is 0 Å². The van der Waals surface area contributed by atoms with Gasteiger partial charge in [0.15, 0.2) is 5.70 Å². The summed E-state index contributed by atoms with van der Waals surface area (Å²) in [5.74, 6) is -3.78. The van der Waals surface area contributed by atoms with Crippen molar-refractivity contribution in [2.45, 2.75) is 26.7 Å². The second-order valence-corrected chi connectivity index (χ2v) is 5.87. The van der Waals surface area contributed by atoms with Gasteiger partial charge in [-0.3, -0.25) is 14.9 Å². The number of carbonyl (C=O) groups excluding carboxylic acids is 2. The molecule has 0 radical (unpaired) electrons. The predicted octanol–water partition coefficient (Wildman–Crippen LogP) is 2.67. The molecule has 1 aromatic carbocycles. The zero-order chi connectivity index (χ0) is 20.8. The number of hydrogen-bond acceptors (Lipinski definition) is 8. The third-order valence-corrected chi connectivity index (χ3v) is 4.25. The first-order valence-corrected chi connectivity index (χ1v) is 8.63. The van der Waals surface area contributed by atoms with Crippen molar-refractivity contribution in [3.05, 3.63) is 51.2 Å². The predicted molar refractivity (Wildman–Crippen MR) is 98.3 cm³/mol. The molecule has 9 heteroatoms. The molecular formula is C19H19N3O6. The van der Waals surface area contributed by atoms with Gasteiger partial charge in [0.05, 0.1) is 23.7 Å². The highest BCUT2D eigenvalue weighted by Crippen LogP contribution is 2.43. The number of aliphatic imine (C=N–C) groups is 1. The maximum absolute atomic E-state index is 12.7. The maximum atomic E-state index is 12.7. The minimum atomic E-state index is -1.13. The largest absolute Gasteiger partial charge is 0.465 e. The molecule has 0 amide bonds. The zero-order valence-corrected chi connectivity index (χ0v) is 15.7. The van der Waals surface area contributed by atoms with Crippen LogP contribution in [-0.2, 0) is 19.1 Å². The van der Waals surface area contributed by atoms with Crippen molar-refractivity contribution in [2.75, 3.05) is 13.2 Å². The van der Waals surface area contributed by atoms with Crippen LogP contribution in [0.1, 0.15) is 32.3 Å². The van der Waals surface area contributed by atoms with Crippen LogP contribution in [-0.4, -0.2) is 35.8 Å².